The Morgan fingerprint density at radius 2 is 1.60 bits per heavy atom. The first-order valence-electron chi connectivity index (χ1n) is 16.0. The maximum atomic E-state index is 14.2. The molecule has 0 unspecified atom stereocenters. The summed E-state index contributed by atoms with van der Waals surface area (Å²) in [5, 5.41) is 19.5. The number of piperazine rings is 1. The van der Waals surface area contributed by atoms with Crippen molar-refractivity contribution >= 4 is 48.7 Å². The molecule has 1 fully saturated rings. The predicted octanol–water partition coefficient (Wildman–Crippen LogP) is 6.25. The van der Waals surface area contributed by atoms with Crippen molar-refractivity contribution < 1.29 is 13.2 Å². The first-order chi connectivity index (χ1) is 24.3. The van der Waals surface area contributed by atoms with Gasteiger partial charge in [-0.1, -0.05) is 42.5 Å². The minimum Gasteiger partial charge on any atom is -0.367 e. The number of para-hydroxylation sites is 1. The van der Waals surface area contributed by atoms with E-state index < -0.39 is 10.0 Å². The van der Waals surface area contributed by atoms with Crippen molar-refractivity contribution in [3.63, 3.8) is 0 Å². The van der Waals surface area contributed by atoms with E-state index in [0.717, 1.165) is 21.3 Å². The lowest BCUT2D eigenvalue weighted by Gasteiger charge is -2.36. The normalized spacial score (nSPS) is 13.2. The topological polar surface area (TPSA) is 126 Å². The predicted molar refractivity (Wildman–Crippen MR) is 193 cm³/mol. The van der Waals surface area contributed by atoms with Gasteiger partial charge in [0.25, 0.3) is 15.9 Å². The number of rotatable bonds is 9. The van der Waals surface area contributed by atoms with Gasteiger partial charge in [0.15, 0.2) is 0 Å². The second kappa shape index (κ2) is 13.9. The van der Waals surface area contributed by atoms with Gasteiger partial charge in [0, 0.05) is 43.6 Å². The number of aromatic nitrogens is 2. The lowest BCUT2D eigenvalue weighted by molar-refractivity contribution is 0.0751. The quantitative estimate of drug-likeness (QED) is 0.175. The van der Waals surface area contributed by atoms with Crippen molar-refractivity contribution in [1.82, 2.24) is 14.5 Å². The van der Waals surface area contributed by atoms with E-state index in [9.17, 15) is 18.5 Å². The largest absolute Gasteiger partial charge is 0.367 e. The van der Waals surface area contributed by atoms with Crippen molar-refractivity contribution in [2.75, 3.05) is 35.4 Å². The molecule has 0 aliphatic carbocycles. The van der Waals surface area contributed by atoms with Crippen LogP contribution in [0.3, 0.4) is 0 Å². The molecule has 10 nitrogen and oxygen atoms in total. The van der Waals surface area contributed by atoms with Crippen LogP contribution in [-0.4, -0.2) is 55.0 Å². The van der Waals surface area contributed by atoms with Crippen LogP contribution in [0.25, 0.3) is 10.1 Å². The fraction of sp³-hybridized carbons (Fsp3) is 0.158. The molecule has 0 spiro atoms. The third-order valence-electron chi connectivity index (χ3n) is 8.80. The first-order valence-corrected chi connectivity index (χ1v) is 18.2. The van der Waals surface area contributed by atoms with E-state index in [1.165, 1.54) is 15.6 Å². The molecule has 4 aromatic carbocycles. The smallest absolute Gasteiger partial charge is 0.264 e. The number of amides is 1. The van der Waals surface area contributed by atoms with E-state index in [1.807, 2.05) is 58.0 Å². The summed E-state index contributed by atoms with van der Waals surface area (Å²) in [5.41, 5.74) is 4.16. The molecule has 1 aliphatic rings. The lowest BCUT2D eigenvalue weighted by Crippen LogP contribution is -2.48. The van der Waals surface area contributed by atoms with E-state index in [2.05, 4.69) is 22.0 Å². The van der Waals surface area contributed by atoms with E-state index in [-0.39, 0.29) is 17.3 Å². The summed E-state index contributed by atoms with van der Waals surface area (Å²) in [5.74, 6) is -0.0681. The van der Waals surface area contributed by atoms with E-state index >= 15 is 0 Å². The Bertz CT molecular complexity index is 2370. The molecule has 0 saturated carbocycles. The maximum Gasteiger partial charge on any atom is 0.264 e. The molecule has 0 N–H and O–H groups in total. The molecule has 3 heterocycles. The molecule has 7 rings (SSSR count). The summed E-state index contributed by atoms with van der Waals surface area (Å²) in [4.78, 5) is 22.7. The molecule has 12 heteroatoms. The molecule has 248 valence electrons. The Balaban J connectivity index is 1.15. The molecule has 2 aromatic heterocycles. The average Bonchev–Trinajstić information content (AvgIpc) is 3.80. The molecule has 0 bridgehead atoms. The van der Waals surface area contributed by atoms with Crippen LogP contribution < -0.4 is 9.21 Å². The summed E-state index contributed by atoms with van der Waals surface area (Å²) < 4.78 is 32.6. The average molecular weight is 698 g/mol. The monoisotopic (exact) mass is 697 g/mol. The van der Waals surface area contributed by atoms with Crippen LogP contribution in [0.1, 0.15) is 32.1 Å². The number of nitriles is 2. The van der Waals surface area contributed by atoms with Crippen LogP contribution in [0.15, 0.2) is 121 Å². The molecule has 1 aliphatic heterocycles. The van der Waals surface area contributed by atoms with Gasteiger partial charge in [0.1, 0.15) is 6.07 Å². The summed E-state index contributed by atoms with van der Waals surface area (Å²) in [7, 11) is -4.00. The molecule has 50 heavy (non-hydrogen) atoms. The van der Waals surface area contributed by atoms with Crippen molar-refractivity contribution in [2.45, 2.75) is 18.0 Å². The van der Waals surface area contributed by atoms with Gasteiger partial charge in [-0.05, 0) is 71.6 Å². The zero-order valence-electron chi connectivity index (χ0n) is 26.9. The highest BCUT2D eigenvalue weighted by Gasteiger charge is 2.28. The number of hydrogen-bond donors (Lipinski definition) is 0. The van der Waals surface area contributed by atoms with Gasteiger partial charge in [-0.3, -0.25) is 9.10 Å². The Morgan fingerprint density at radius 1 is 0.860 bits per heavy atom. The van der Waals surface area contributed by atoms with Crippen LogP contribution in [-0.2, 0) is 23.1 Å². The third kappa shape index (κ3) is 6.54. The third-order valence-corrected chi connectivity index (χ3v) is 11.7. The molecule has 0 atom stereocenters. The Hall–Kier alpha value is -5.95. The minimum absolute atomic E-state index is 0.0220. The number of imidazole rings is 1. The highest BCUT2D eigenvalue weighted by Crippen LogP contribution is 2.34. The number of anilines is 2. The Morgan fingerprint density at radius 3 is 2.34 bits per heavy atom. The molecule has 1 saturated heterocycles. The van der Waals surface area contributed by atoms with Gasteiger partial charge in [-0.15, -0.1) is 11.3 Å². The number of carbonyl (C=O) groups excluding carboxylic acids is 1. The number of benzene rings is 4. The fourth-order valence-corrected chi connectivity index (χ4v) is 8.59. The van der Waals surface area contributed by atoms with Gasteiger partial charge in [0.2, 0.25) is 0 Å². The number of fused-ring (bicyclic) bond motifs is 1. The minimum atomic E-state index is -4.00. The first kappa shape index (κ1) is 32.6. The summed E-state index contributed by atoms with van der Waals surface area (Å²) in [6, 6.07) is 34.8. The molecule has 0 radical (unpaired) electrons. The second-order valence-corrected chi connectivity index (χ2v) is 14.8. The van der Waals surface area contributed by atoms with Gasteiger partial charge in [0.05, 0.1) is 56.9 Å². The van der Waals surface area contributed by atoms with Crippen molar-refractivity contribution in [1.29, 1.82) is 10.5 Å². The lowest BCUT2D eigenvalue weighted by atomic mass is 10.1. The Kier molecular flexibility index (Phi) is 9.05. The standard InChI is InChI=1S/C38H31N7O3S2/c39-22-28-10-12-29(13-11-28)25-44-27-41-24-33(44)26-45(50(47,48)34-7-2-1-3-8-34)32-14-15-36-31(20-32)21-37(49-36)38(46)43-18-16-42(17-19-43)35-9-5-4-6-30(35)23-40/h1-15,20-21,24,27H,16-19,25-26H2. The van der Waals surface area contributed by atoms with Crippen molar-refractivity contribution in [3.8, 4) is 12.1 Å². The number of sulfonamides is 1. The summed E-state index contributed by atoms with van der Waals surface area (Å²) >= 11 is 1.39. The number of thiophene rings is 1. The van der Waals surface area contributed by atoms with Crippen LogP contribution in [0.2, 0.25) is 0 Å². The highest BCUT2D eigenvalue weighted by atomic mass is 32.2. The highest BCUT2D eigenvalue weighted by molar-refractivity contribution is 7.92. The number of hydrogen-bond acceptors (Lipinski definition) is 8. The number of nitrogens with zero attached hydrogens (tertiary/aromatic N) is 7. The second-order valence-electron chi connectivity index (χ2n) is 11.9. The summed E-state index contributed by atoms with van der Waals surface area (Å²) in [6.45, 7) is 2.76. The van der Waals surface area contributed by atoms with Crippen molar-refractivity contribution in [3.05, 3.63) is 143 Å². The van der Waals surface area contributed by atoms with E-state index in [0.29, 0.717) is 60.1 Å². The van der Waals surface area contributed by atoms with Gasteiger partial charge >= 0.3 is 0 Å². The van der Waals surface area contributed by atoms with E-state index in [1.54, 1.807) is 67.1 Å². The van der Waals surface area contributed by atoms with E-state index in [4.69, 9.17) is 5.26 Å². The van der Waals surface area contributed by atoms with Gasteiger partial charge < -0.3 is 14.4 Å². The number of carbonyl (C=O) groups is 1. The van der Waals surface area contributed by atoms with Crippen LogP contribution >= 0.6 is 11.3 Å². The van der Waals surface area contributed by atoms with Gasteiger partial charge in [-0.2, -0.15) is 10.5 Å². The molecular formula is C38H31N7O3S2. The zero-order valence-corrected chi connectivity index (χ0v) is 28.5. The maximum absolute atomic E-state index is 14.2. The Labute approximate surface area is 294 Å². The summed E-state index contributed by atoms with van der Waals surface area (Å²) in [6.07, 6.45) is 3.33. The van der Waals surface area contributed by atoms with Crippen LogP contribution in [0.5, 0.6) is 0 Å². The molecule has 1 amide bonds. The zero-order chi connectivity index (χ0) is 34.7. The SMILES string of the molecule is N#Cc1ccc(Cn2cncc2CN(c2ccc3sc(C(=O)N4CCN(c5ccccc5C#N)CC4)cc3c2)S(=O)(=O)c2ccccc2)cc1. The van der Waals surface area contributed by atoms with Crippen LogP contribution in [0.4, 0.5) is 11.4 Å². The van der Waals surface area contributed by atoms with Crippen LogP contribution in [0, 0.1) is 22.7 Å². The van der Waals surface area contributed by atoms with Crippen molar-refractivity contribution in [2.24, 2.45) is 0 Å². The molecular weight excluding hydrogens is 667 g/mol. The molecule has 6 aromatic rings. The van der Waals surface area contributed by atoms with Gasteiger partial charge in [-0.25, -0.2) is 13.4 Å². The fourth-order valence-electron chi connectivity index (χ4n) is 6.13.